The number of carbonyl (C=O) groups is 1. The molecule has 27 heavy (non-hydrogen) atoms. The zero-order valence-corrected chi connectivity index (χ0v) is 14.6. The molecule has 0 fully saturated rings. The molecule has 0 spiro atoms. The van der Waals surface area contributed by atoms with Gasteiger partial charge in [0.1, 0.15) is 0 Å². The van der Waals surface area contributed by atoms with Crippen LogP contribution in [-0.4, -0.2) is 17.7 Å². The average Bonchev–Trinajstić information content (AvgIpc) is 2.70. The van der Waals surface area contributed by atoms with Crippen LogP contribution < -0.4 is 10.6 Å². The van der Waals surface area contributed by atoms with Crippen molar-refractivity contribution in [3.63, 3.8) is 0 Å². The zero-order valence-electron chi connectivity index (χ0n) is 14.6. The van der Waals surface area contributed by atoms with Gasteiger partial charge in [-0.25, -0.2) is 4.79 Å². The van der Waals surface area contributed by atoms with Gasteiger partial charge in [0.2, 0.25) is 0 Å². The maximum absolute atomic E-state index is 12.3. The molecule has 3 rings (SSSR count). The number of hydrogen-bond donors (Lipinski definition) is 3. The maximum atomic E-state index is 12.3. The van der Waals surface area contributed by atoms with Gasteiger partial charge in [-0.1, -0.05) is 42.5 Å². The van der Waals surface area contributed by atoms with Crippen LogP contribution in [0.4, 0.5) is 16.2 Å². The van der Waals surface area contributed by atoms with Crippen molar-refractivity contribution in [1.29, 1.82) is 5.26 Å². The number of hydrogen-bond acceptors (Lipinski definition) is 3. The summed E-state index contributed by atoms with van der Waals surface area (Å²) in [7, 11) is 0. The van der Waals surface area contributed by atoms with E-state index >= 15 is 0 Å². The van der Waals surface area contributed by atoms with Gasteiger partial charge in [-0.15, -0.1) is 0 Å². The highest BCUT2D eigenvalue weighted by Crippen LogP contribution is 2.23. The molecule has 0 radical (unpaired) electrons. The van der Waals surface area contributed by atoms with Crippen LogP contribution in [0, 0.1) is 11.3 Å². The van der Waals surface area contributed by atoms with Gasteiger partial charge in [-0.05, 0) is 53.4 Å². The van der Waals surface area contributed by atoms with Crippen molar-refractivity contribution < 1.29 is 9.90 Å². The smallest absolute Gasteiger partial charge is 0.323 e. The molecule has 0 aliphatic heterocycles. The van der Waals surface area contributed by atoms with Crippen molar-refractivity contribution in [3.8, 4) is 17.2 Å². The van der Waals surface area contributed by atoms with E-state index in [1.54, 1.807) is 18.2 Å². The van der Waals surface area contributed by atoms with Crippen LogP contribution in [0.2, 0.25) is 0 Å². The number of carbonyl (C=O) groups excluding carboxylic acids is 1. The Kier molecular flexibility index (Phi) is 5.83. The third-order valence-electron chi connectivity index (χ3n) is 4.11. The average molecular weight is 357 g/mol. The van der Waals surface area contributed by atoms with Gasteiger partial charge >= 0.3 is 6.03 Å². The Labute approximate surface area is 157 Å². The topological polar surface area (TPSA) is 85.2 Å². The standard InChI is InChI=1S/C22H19N3O2/c23-15-16-8-10-17(11-9-16)19-5-3-6-20(14-19)24-22(27)25-21-7-2-1-4-18(21)12-13-26/h1-11,14,26H,12-13H2,(H2,24,25,27). The summed E-state index contributed by atoms with van der Waals surface area (Å²) in [4.78, 5) is 12.3. The summed E-state index contributed by atoms with van der Waals surface area (Å²) >= 11 is 0. The summed E-state index contributed by atoms with van der Waals surface area (Å²) in [5.41, 5.74) is 4.72. The third-order valence-corrected chi connectivity index (χ3v) is 4.11. The van der Waals surface area contributed by atoms with Crippen LogP contribution in [0.1, 0.15) is 11.1 Å². The van der Waals surface area contributed by atoms with Gasteiger partial charge in [0.05, 0.1) is 11.6 Å². The molecule has 0 heterocycles. The molecule has 0 aliphatic carbocycles. The first-order valence-electron chi connectivity index (χ1n) is 8.57. The second kappa shape index (κ2) is 8.65. The zero-order chi connectivity index (χ0) is 19.1. The summed E-state index contributed by atoms with van der Waals surface area (Å²) in [5.74, 6) is 0. The third kappa shape index (κ3) is 4.72. The molecule has 0 atom stereocenters. The van der Waals surface area contributed by atoms with Crippen LogP contribution in [0.25, 0.3) is 11.1 Å². The first-order chi connectivity index (χ1) is 13.2. The van der Waals surface area contributed by atoms with Crippen molar-refractivity contribution in [1.82, 2.24) is 0 Å². The summed E-state index contributed by atoms with van der Waals surface area (Å²) in [6.45, 7) is 0.0208. The molecule has 0 aliphatic rings. The van der Waals surface area contributed by atoms with Crippen molar-refractivity contribution >= 4 is 17.4 Å². The van der Waals surface area contributed by atoms with E-state index in [2.05, 4.69) is 16.7 Å². The molecule has 0 saturated carbocycles. The molecular weight excluding hydrogens is 338 g/mol. The molecule has 5 heteroatoms. The predicted octanol–water partition coefficient (Wildman–Crippen LogP) is 4.40. The Morgan fingerprint density at radius 3 is 2.44 bits per heavy atom. The highest BCUT2D eigenvalue weighted by atomic mass is 16.3. The van der Waals surface area contributed by atoms with Gasteiger partial charge in [0.25, 0.3) is 0 Å². The quantitative estimate of drug-likeness (QED) is 0.632. The number of aliphatic hydroxyl groups excluding tert-OH is 1. The highest BCUT2D eigenvalue weighted by Gasteiger charge is 2.07. The van der Waals surface area contributed by atoms with Crippen LogP contribution >= 0.6 is 0 Å². The highest BCUT2D eigenvalue weighted by molar-refractivity contribution is 6.00. The first kappa shape index (κ1) is 18.2. The van der Waals surface area contributed by atoms with Gasteiger partial charge < -0.3 is 15.7 Å². The van der Waals surface area contributed by atoms with Gasteiger partial charge in [-0.3, -0.25) is 0 Å². The second-order valence-corrected chi connectivity index (χ2v) is 5.98. The maximum Gasteiger partial charge on any atom is 0.323 e. The summed E-state index contributed by atoms with van der Waals surface area (Å²) in [5, 5.41) is 23.7. The molecule has 0 saturated heterocycles. The van der Waals surface area contributed by atoms with E-state index in [4.69, 9.17) is 10.4 Å². The number of rotatable bonds is 5. The van der Waals surface area contributed by atoms with E-state index in [1.165, 1.54) is 0 Å². The molecule has 0 aromatic heterocycles. The number of anilines is 2. The summed E-state index contributed by atoms with van der Waals surface area (Å²) in [6.07, 6.45) is 0.477. The molecule has 3 aromatic rings. The molecule has 3 N–H and O–H groups in total. The number of benzene rings is 3. The molecule has 134 valence electrons. The van der Waals surface area contributed by atoms with Crippen LogP contribution in [-0.2, 0) is 6.42 Å². The lowest BCUT2D eigenvalue weighted by atomic mass is 10.0. The van der Waals surface area contributed by atoms with Crippen LogP contribution in [0.15, 0.2) is 72.8 Å². The lowest BCUT2D eigenvalue weighted by Crippen LogP contribution is -2.20. The van der Waals surface area contributed by atoms with E-state index < -0.39 is 0 Å². The molecule has 0 bridgehead atoms. The number of nitrogens with one attached hydrogen (secondary N) is 2. The normalized spacial score (nSPS) is 10.1. The Morgan fingerprint density at radius 1 is 0.926 bits per heavy atom. The number of nitriles is 1. The Morgan fingerprint density at radius 2 is 1.70 bits per heavy atom. The summed E-state index contributed by atoms with van der Waals surface area (Å²) in [6, 6.07) is 23.9. The van der Waals surface area contributed by atoms with E-state index in [0.29, 0.717) is 23.4 Å². The summed E-state index contributed by atoms with van der Waals surface area (Å²) < 4.78 is 0. The fraction of sp³-hybridized carbons (Fsp3) is 0.0909. The van der Waals surface area contributed by atoms with Gasteiger partial charge in [-0.2, -0.15) is 5.26 Å². The van der Waals surface area contributed by atoms with Crippen molar-refractivity contribution in [2.45, 2.75) is 6.42 Å². The van der Waals surface area contributed by atoms with Crippen LogP contribution in [0.5, 0.6) is 0 Å². The predicted molar refractivity (Wildman–Crippen MR) is 106 cm³/mol. The molecular formula is C22H19N3O2. The molecule has 0 unspecified atom stereocenters. The minimum Gasteiger partial charge on any atom is -0.396 e. The van der Waals surface area contributed by atoms with Crippen LogP contribution in [0.3, 0.4) is 0 Å². The molecule has 3 aromatic carbocycles. The van der Waals surface area contributed by atoms with Crippen molar-refractivity contribution in [3.05, 3.63) is 83.9 Å². The minimum absolute atomic E-state index is 0.0208. The SMILES string of the molecule is N#Cc1ccc(-c2cccc(NC(=O)Nc3ccccc3CCO)c2)cc1. The number of amides is 2. The Hall–Kier alpha value is -3.62. The van der Waals surface area contributed by atoms with Gasteiger partial charge in [0, 0.05) is 18.0 Å². The Balaban J connectivity index is 1.72. The first-order valence-corrected chi connectivity index (χ1v) is 8.57. The van der Waals surface area contributed by atoms with Gasteiger partial charge in [0.15, 0.2) is 0 Å². The van der Waals surface area contributed by atoms with E-state index in [-0.39, 0.29) is 12.6 Å². The lowest BCUT2D eigenvalue weighted by Gasteiger charge is -2.12. The van der Waals surface area contributed by atoms with Crippen molar-refractivity contribution in [2.75, 3.05) is 17.2 Å². The number of urea groups is 1. The number of nitrogens with zero attached hydrogens (tertiary/aromatic N) is 1. The Bertz CT molecular complexity index is 975. The molecule has 5 nitrogen and oxygen atoms in total. The largest absolute Gasteiger partial charge is 0.396 e. The fourth-order valence-electron chi connectivity index (χ4n) is 2.78. The molecule has 2 amide bonds. The lowest BCUT2D eigenvalue weighted by molar-refractivity contribution is 0.262. The van der Waals surface area contributed by atoms with Crippen molar-refractivity contribution in [2.24, 2.45) is 0 Å². The second-order valence-electron chi connectivity index (χ2n) is 5.98. The number of para-hydroxylation sites is 1. The van der Waals surface area contributed by atoms with E-state index in [0.717, 1.165) is 16.7 Å². The monoisotopic (exact) mass is 357 g/mol. The minimum atomic E-state index is -0.350. The van der Waals surface area contributed by atoms with E-state index in [9.17, 15) is 4.79 Å². The number of aliphatic hydroxyl groups is 1. The van der Waals surface area contributed by atoms with E-state index in [1.807, 2.05) is 54.6 Å². The fourth-order valence-corrected chi connectivity index (χ4v) is 2.78.